The monoisotopic (exact) mass is 380 g/mol. The maximum absolute atomic E-state index is 11.6. The average Bonchev–Trinajstić information content (AvgIpc) is 2.53. The van der Waals surface area contributed by atoms with Crippen molar-refractivity contribution < 1.29 is 25.9 Å². The fraction of sp³-hybridized carbons (Fsp3) is 0.0588. The van der Waals surface area contributed by atoms with Crippen molar-refractivity contribution in [2.45, 2.75) is 6.42 Å². The molecule has 0 saturated heterocycles. The summed E-state index contributed by atoms with van der Waals surface area (Å²) in [5, 5.41) is 0. The van der Waals surface area contributed by atoms with Crippen LogP contribution >= 0.6 is 0 Å². The minimum atomic E-state index is -4.67. The van der Waals surface area contributed by atoms with Crippen molar-refractivity contribution in [3.8, 4) is 0 Å². The first-order valence-corrected chi connectivity index (χ1v) is 10.0. The molecule has 8 heteroatoms. The van der Waals surface area contributed by atoms with E-state index in [4.69, 9.17) is 0 Å². The van der Waals surface area contributed by atoms with E-state index in [9.17, 15) is 25.9 Å². The summed E-state index contributed by atoms with van der Waals surface area (Å²) in [4.78, 5) is -1.09. The highest BCUT2D eigenvalue weighted by Gasteiger charge is 2.22. The Labute approximate surface area is 146 Å². The number of allylic oxidation sites excluding steroid dienone is 2. The van der Waals surface area contributed by atoms with Gasteiger partial charge in [0.2, 0.25) is 0 Å². The highest BCUT2D eigenvalue weighted by molar-refractivity contribution is 7.91. The van der Waals surface area contributed by atoms with Crippen LogP contribution in [-0.4, -0.2) is 25.9 Å². The van der Waals surface area contributed by atoms with Crippen molar-refractivity contribution >= 4 is 32.4 Å². The molecule has 0 aliphatic carbocycles. The molecule has 2 aromatic carbocycles. The Balaban J connectivity index is 2.51. The molecule has 0 aliphatic heterocycles. The van der Waals surface area contributed by atoms with E-state index in [2.05, 4.69) is 0 Å². The summed E-state index contributed by atoms with van der Waals surface area (Å²) in [5.74, 6) is 0. The molecule has 0 heterocycles. The summed E-state index contributed by atoms with van der Waals surface area (Å²) < 4.78 is 65.4. The van der Waals surface area contributed by atoms with Gasteiger partial charge in [-0.05, 0) is 23.3 Å². The van der Waals surface area contributed by atoms with Gasteiger partial charge in [0.1, 0.15) is 0 Å². The molecule has 0 radical (unpaired) electrons. The lowest BCUT2D eigenvalue weighted by atomic mass is 10.1. The number of hydrogen-bond donors (Lipinski definition) is 2. The van der Waals surface area contributed by atoms with Gasteiger partial charge in [-0.3, -0.25) is 9.11 Å². The Morgan fingerprint density at radius 2 is 1.00 bits per heavy atom. The molecule has 0 saturated carbocycles. The van der Waals surface area contributed by atoms with Crippen molar-refractivity contribution in [3.05, 3.63) is 81.6 Å². The van der Waals surface area contributed by atoms with Gasteiger partial charge in [-0.1, -0.05) is 60.7 Å². The van der Waals surface area contributed by atoms with Gasteiger partial charge >= 0.3 is 0 Å². The van der Waals surface area contributed by atoms with E-state index in [1.54, 1.807) is 60.7 Å². The first kappa shape index (κ1) is 19.1. The van der Waals surface area contributed by atoms with E-state index in [-0.39, 0.29) is 0 Å². The number of rotatable bonds is 6. The van der Waals surface area contributed by atoms with E-state index in [1.807, 2.05) is 0 Å². The quantitative estimate of drug-likeness (QED) is 0.745. The van der Waals surface area contributed by atoms with Crippen LogP contribution in [0.4, 0.5) is 0 Å². The third kappa shape index (κ3) is 5.95. The molecule has 0 aromatic heterocycles. The maximum atomic E-state index is 11.6. The standard InChI is InChI=1S/C17H16O6S2/c18-24(19,20)16(11-14-7-3-1-4-8-14)13-17(25(21,22)23)12-15-9-5-2-6-10-15/h1-12H,13H2,(H,18,19,20)(H,21,22,23). The normalized spacial score (nSPS) is 13.7. The molecule has 2 N–H and O–H groups in total. The minimum absolute atomic E-state index is 0.463. The topological polar surface area (TPSA) is 109 Å². The molecule has 0 aliphatic rings. The second-order valence-electron chi connectivity index (χ2n) is 5.17. The zero-order valence-corrected chi connectivity index (χ0v) is 14.6. The Morgan fingerprint density at radius 1 is 0.680 bits per heavy atom. The minimum Gasteiger partial charge on any atom is -0.282 e. The van der Waals surface area contributed by atoms with Crippen LogP contribution in [0.5, 0.6) is 0 Å². The molecule has 0 bridgehead atoms. The highest BCUT2D eigenvalue weighted by atomic mass is 32.2. The summed E-state index contributed by atoms with van der Waals surface area (Å²) >= 11 is 0. The van der Waals surface area contributed by atoms with Crippen LogP contribution in [0, 0.1) is 0 Å². The van der Waals surface area contributed by atoms with Gasteiger partial charge in [-0.25, -0.2) is 0 Å². The smallest absolute Gasteiger partial charge is 0.282 e. The molecule has 0 amide bonds. The fourth-order valence-electron chi connectivity index (χ4n) is 2.08. The van der Waals surface area contributed by atoms with Crippen LogP contribution < -0.4 is 0 Å². The molecule has 0 spiro atoms. The SMILES string of the molecule is O=S(=O)(O)C(=Cc1ccccc1)CC(=Cc1ccccc1)S(=O)(=O)O. The van der Waals surface area contributed by atoms with Crippen LogP contribution in [0.1, 0.15) is 17.5 Å². The van der Waals surface area contributed by atoms with Crippen LogP contribution in [0.3, 0.4) is 0 Å². The van der Waals surface area contributed by atoms with E-state index in [0.717, 1.165) is 12.2 Å². The van der Waals surface area contributed by atoms with Crippen molar-refractivity contribution in [1.82, 2.24) is 0 Å². The molecule has 0 atom stereocenters. The van der Waals surface area contributed by atoms with Crippen LogP contribution in [-0.2, 0) is 20.2 Å². The largest absolute Gasteiger partial charge is 0.291 e. The Morgan fingerprint density at radius 3 is 1.28 bits per heavy atom. The number of hydrogen-bond acceptors (Lipinski definition) is 4. The predicted octanol–water partition coefficient (Wildman–Crippen LogP) is 3.23. The first-order chi connectivity index (χ1) is 11.7. The summed E-state index contributed by atoms with van der Waals surface area (Å²) in [6, 6.07) is 16.5. The fourth-order valence-corrected chi connectivity index (χ4v) is 3.41. The second kappa shape index (κ2) is 7.75. The van der Waals surface area contributed by atoms with E-state index < -0.39 is 36.5 Å². The Hall–Kier alpha value is -2.26. The molecule has 0 unspecified atom stereocenters. The molecule has 0 fully saturated rings. The summed E-state index contributed by atoms with van der Waals surface area (Å²) in [6.07, 6.45) is 1.63. The Bertz CT molecular complexity index is 906. The van der Waals surface area contributed by atoms with E-state index in [1.165, 1.54) is 0 Å². The Kier molecular flexibility index (Phi) is 5.91. The average molecular weight is 380 g/mol. The number of benzene rings is 2. The molecular weight excluding hydrogens is 364 g/mol. The lowest BCUT2D eigenvalue weighted by Crippen LogP contribution is -2.08. The lowest BCUT2D eigenvalue weighted by molar-refractivity contribution is 0.488. The molecule has 2 rings (SSSR count). The maximum Gasteiger partial charge on any atom is 0.291 e. The van der Waals surface area contributed by atoms with Gasteiger partial charge in [-0.2, -0.15) is 16.8 Å². The highest BCUT2D eigenvalue weighted by Crippen LogP contribution is 2.24. The summed E-state index contributed by atoms with van der Waals surface area (Å²) in [5.41, 5.74) is 0.925. The van der Waals surface area contributed by atoms with Gasteiger partial charge in [-0.15, -0.1) is 0 Å². The van der Waals surface area contributed by atoms with E-state index >= 15 is 0 Å². The van der Waals surface area contributed by atoms with Crippen molar-refractivity contribution in [1.29, 1.82) is 0 Å². The van der Waals surface area contributed by atoms with Crippen LogP contribution in [0.15, 0.2) is 70.5 Å². The molecule has 6 nitrogen and oxygen atoms in total. The second-order valence-corrected chi connectivity index (χ2v) is 8.12. The molecular formula is C17H16O6S2. The van der Waals surface area contributed by atoms with Crippen molar-refractivity contribution in [2.24, 2.45) is 0 Å². The van der Waals surface area contributed by atoms with Crippen LogP contribution in [0.2, 0.25) is 0 Å². The zero-order valence-electron chi connectivity index (χ0n) is 13.0. The van der Waals surface area contributed by atoms with Gasteiger partial charge in [0.25, 0.3) is 20.2 Å². The summed E-state index contributed by atoms with van der Waals surface area (Å²) in [7, 11) is -9.33. The predicted molar refractivity (Wildman–Crippen MR) is 96.6 cm³/mol. The molecule has 25 heavy (non-hydrogen) atoms. The molecule has 2 aromatic rings. The first-order valence-electron chi connectivity index (χ1n) is 7.12. The zero-order chi connectivity index (χ0) is 18.5. The van der Waals surface area contributed by atoms with Gasteiger partial charge < -0.3 is 0 Å². The van der Waals surface area contributed by atoms with E-state index in [0.29, 0.717) is 11.1 Å². The van der Waals surface area contributed by atoms with Crippen molar-refractivity contribution in [3.63, 3.8) is 0 Å². The van der Waals surface area contributed by atoms with Crippen LogP contribution in [0.25, 0.3) is 12.2 Å². The third-order valence-corrected chi connectivity index (χ3v) is 5.12. The van der Waals surface area contributed by atoms with Gasteiger partial charge in [0.05, 0.1) is 9.81 Å². The van der Waals surface area contributed by atoms with Crippen molar-refractivity contribution in [2.75, 3.05) is 0 Å². The lowest BCUT2D eigenvalue weighted by Gasteiger charge is -2.08. The summed E-state index contributed by atoms with van der Waals surface area (Å²) in [6.45, 7) is 0. The molecule has 132 valence electrons. The third-order valence-electron chi connectivity index (χ3n) is 3.27. The van der Waals surface area contributed by atoms with Gasteiger partial charge in [0, 0.05) is 6.42 Å². The van der Waals surface area contributed by atoms with Gasteiger partial charge in [0.15, 0.2) is 0 Å².